The number of fused-ring (bicyclic) bond motifs is 2. The summed E-state index contributed by atoms with van der Waals surface area (Å²) in [6, 6.07) is 16.8. The van der Waals surface area contributed by atoms with Crippen LogP contribution in [0.4, 0.5) is 5.13 Å². The number of aromatic nitrogens is 2. The molecule has 2 aromatic carbocycles. The van der Waals surface area contributed by atoms with Gasteiger partial charge in [-0.1, -0.05) is 29.5 Å². The molecule has 166 valence electrons. The van der Waals surface area contributed by atoms with Crippen molar-refractivity contribution in [1.29, 1.82) is 0 Å². The number of para-hydroxylation sites is 1. The van der Waals surface area contributed by atoms with E-state index in [-0.39, 0.29) is 11.7 Å². The Balaban J connectivity index is 1.57. The van der Waals surface area contributed by atoms with Crippen LogP contribution < -0.4 is 14.4 Å². The maximum atomic E-state index is 13.7. The number of methoxy groups -OCH3 is 1. The SMILES string of the molecule is CCOc1ccc2nc(N(Cc3cccnc3)C(=O)c3cc4cccc(OC)c4o3)sc2c1. The van der Waals surface area contributed by atoms with E-state index in [0.29, 0.717) is 29.6 Å². The molecule has 0 N–H and O–H groups in total. The summed E-state index contributed by atoms with van der Waals surface area (Å²) in [6.45, 7) is 2.83. The van der Waals surface area contributed by atoms with Crippen molar-refractivity contribution >= 4 is 43.6 Å². The third-order valence-electron chi connectivity index (χ3n) is 5.14. The van der Waals surface area contributed by atoms with Crippen LogP contribution in [-0.2, 0) is 6.54 Å². The predicted octanol–water partition coefficient (Wildman–Crippen LogP) is 5.69. The van der Waals surface area contributed by atoms with Crippen molar-refractivity contribution in [3.05, 3.63) is 78.3 Å². The molecule has 0 aliphatic rings. The van der Waals surface area contributed by atoms with Crippen molar-refractivity contribution in [1.82, 2.24) is 9.97 Å². The Morgan fingerprint density at radius 3 is 2.85 bits per heavy atom. The molecule has 0 aliphatic heterocycles. The molecule has 33 heavy (non-hydrogen) atoms. The van der Waals surface area contributed by atoms with Gasteiger partial charge < -0.3 is 13.9 Å². The van der Waals surface area contributed by atoms with Crippen LogP contribution in [0.25, 0.3) is 21.2 Å². The van der Waals surface area contributed by atoms with Gasteiger partial charge in [0, 0.05) is 17.8 Å². The van der Waals surface area contributed by atoms with Gasteiger partial charge in [0.1, 0.15) is 5.75 Å². The first kappa shape index (κ1) is 21.0. The number of thiazole rings is 1. The van der Waals surface area contributed by atoms with Crippen LogP contribution in [0.2, 0.25) is 0 Å². The molecular weight excluding hydrogens is 438 g/mol. The molecule has 0 fully saturated rings. The van der Waals surface area contributed by atoms with Crippen molar-refractivity contribution in [2.24, 2.45) is 0 Å². The monoisotopic (exact) mass is 459 g/mol. The largest absolute Gasteiger partial charge is 0.494 e. The third-order valence-corrected chi connectivity index (χ3v) is 6.18. The van der Waals surface area contributed by atoms with E-state index in [1.165, 1.54) is 11.3 Å². The number of benzene rings is 2. The van der Waals surface area contributed by atoms with Gasteiger partial charge in [0.15, 0.2) is 22.2 Å². The Morgan fingerprint density at radius 1 is 1.15 bits per heavy atom. The normalized spacial score (nSPS) is 11.1. The Hall–Kier alpha value is -3.91. The average Bonchev–Trinajstić information content (AvgIpc) is 3.47. The topological polar surface area (TPSA) is 77.7 Å². The molecule has 0 saturated heterocycles. The Bertz CT molecular complexity index is 1430. The number of anilines is 1. The van der Waals surface area contributed by atoms with Gasteiger partial charge in [-0.15, -0.1) is 0 Å². The van der Waals surface area contributed by atoms with Gasteiger partial charge in [-0.3, -0.25) is 14.7 Å². The van der Waals surface area contributed by atoms with E-state index in [0.717, 1.165) is 26.9 Å². The van der Waals surface area contributed by atoms with Gasteiger partial charge in [0.2, 0.25) is 0 Å². The number of hydrogen-bond donors (Lipinski definition) is 0. The Labute approximate surface area is 194 Å². The molecule has 0 atom stereocenters. The summed E-state index contributed by atoms with van der Waals surface area (Å²) in [7, 11) is 1.57. The van der Waals surface area contributed by atoms with Crippen molar-refractivity contribution in [3.63, 3.8) is 0 Å². The molecular formula is C25H21N3O4S. The molecule has 7 nitrogen and oxygen atoms in total. The minimum absolute atomic E-state index is 0.215. The van der Waals surface area contributed by atoms with Gasteiger partial charge in [0.25, 0.3) is 5.91 Å². The minimum atomic E-state index is -0.291. The molecule has 5 rings (SSSR count). The zero-order valence-corrected chi connectivity index (χ0v) is 19.0. The highest BCUT2D eigenvalue weighted by Crippen LogP contribution is 2.34. The van der Waals surface area contributed by atoms with Gasteiger partial charge in [-0.25, -0.2) is 4.98 Å². The van der Waals surface area contributed by atoms with Crippen LogP contribution in [0.5, 0.6) is 11.5 Å². The lowest BCUT2D eigenvalue weighted by molar-refractivity contribution is 0.0960. The first-order chi connectivity index (χ1) is 16.2. The Morgan fingerprint density at radius 2 is 2.06 bits per heavy atom. The molecule has 0 saturated carbocycles. The molecule has 5 aromatic rings. The maximum Gasteiger partial charge on any atom is 0.296 e. The second-order valence-electron chi connectivity index (χ2n) is 7.30. The molecule has 0 aliphatic carbocycles. The number of hydrogen-bond acceptors (Lipinski definition) is 7. The van der Waals surface area contributed by atoms with Gasteiger partial charge in [0.05, 0.1) is 30.5 Å². The van der Waals surface area contributed by atoms with Gasteiger partial charge in [-0.05, 0) is 48.9 Å². The predicted molar refractivity (Wildman–Crippen MR) is 128 cm³/mol. The first-order valence-corrected chi connectivity index (χ1v) is 11.3. The summed E-state index contributed by atoms with van der Waals surface area (Å²) in [4.78, 5) is 24.2. The third kappa shape index (κ3) is 4.12. The fraction of sp³-hybridized carbons (Fsp3) is 0.160. The summed E-state index contributed by atoms with van der Waals surface area (Å²) >= 11 is 1.43. The zero-order chi connectivity index (χ0) is 22.8. The second-order valence-corrected chi connectivity index (χ2v) is 8.31. The van der Waals surface area contributed by atoms with Crippen LogP contribution in [0, 0.1) is 0 Å². The minimum Gasteiger partial charge on any atom is -0.494 e. The van der Waals surface area contributed by atoms with Crippen molar-refractivity contribution in [2.45, 2.75) is 13.5 Å². The van der Waals surface area contributed by atoms with Crippen molar-refractivity contribution < 1.29 is 18.7 Å². The van der Waals surface area contributed by atoms with E-state index in [9.17, 15) is 4.79 Å². The Kier molecular flexibility index (Phi) is 5.66. The van der Waals surface area contributed by atoms with E-state index >= 15 is 0 Å². The number of furan rings is 1. The van der Waals surface area contributed by atoms with Crippen LogP contribution in [0.3, 0.4) is 0 Å². The highest BCUT2D eigenvalue weighted by Gasteiger charge is 2.25. The lowest BCUT2D eigenvalue weighted by Crippen LogP contribution is -2.30. The summed E-state index contributed by atoms with van der Waals surface area (Å²) in [5, 5.41) is 1.37. The molecule has 3 heterocycles. The van der Waals surface area contributed by atoms with Crippen LogP contribution in [-0.4, -0.2) is 29.6 Å². The fourth-order valence-corrected chi connectivity index (χ4v) is 4.59. The van der Waals surface area contributed by atoms with Crippen LogP contribution >= 0.6 is 11.3 Å². The quantitative estimate of drug-likeness (QED) is 0.311. The van der Waals surface area contributed by atoms with Crippen molar-refractivity contribution in [3.8, 4) is 11.5 Å². The molecule has 8 heteroatoms. The second kappa shape index (κ2) is 8.91. The molecule has 0 radical (unpaired) electrons. The number of nitrogens with zero attached hydrogens (tertiary/aromatic N) is 3. The number of ether oxygens (including phenoxy) is 2. The molecule has 0 spiro atoms. The van der Waals surface area contributed by atoms with Gasteiger partial charge in [-0.2, -0.15) is 0 Å². The standard InChI is InChI=1S/C25H21N3O4S/c1-3-31-18-9-10-19-22(13-18)33-25(27-19)28(15-16-6-5-11-26-14-16)24(29)21-12-17-7-4-8-20(30-2)23(17)32-21/h4-14H,3,15H2,1-2H3. The number of carbonyl (C=O) groups excluding carboxylic acids is 1. The van der Waals surface area contributed by atoms with E-state index in [1.54, 1.807) is 36.5 Å². The molecule has 0 unspecified atom stereocenters. The summed E-state index contributed by atoms with van der Waals surface area (Å²) in [5.74, 6) is 1.28. The smallest absolute Gasteiger partial charge is 0.296 e. The highest BCUT2D eigenvalue weighted by atomic mass is 32.1. The van der Waals surface area contributed by atoms with Gasteiger partial charge >= 0.3 is 0 Å². The maximum absolute atomic E-state index is 13.7. The summed E-state index contributed by atoms with van der Waals surface area (Å²) in [6.07, 6.45) is 3.44. The van der Waals surface area contributed by atoms with Crippen LogP contribution in [0.1, 0.15) is 23.0 Å². The van der Waals surface area contributed by atoms with E-state index < -0.39 is 0 Å². The fourth-order valence-electron chi connectivity index (χ4n) is 3.60. The molecule has 3 aromatic heterocycles. The lowest BCUT2D eigenvalue weighted by Gasteiger charge is -2.18. The zero-order valence-electron chi connectivity index (χ0n) is 18.1. The summed E-state index contributed by atoms with van der Waals surface area (Å²) in [5.41, 5.74) is 2.22. The first-order valence-electron chi connectivity index (χ1n) is 10.5. The van der Waals surface area contributed by atoms with E-state index in [2.05, 4.69) is 4.98 Å². The average molecular weight is 460 g/mol. The molecule has 0 bridgehead atoms. The summed E-state index contributed by atoms with van der Waals surface area (Å²) < 4.78 is 17.9. The van der Waals surface area contributed by atoms with Crippen LogP contribution in [0.15, 0.2) is 71.4 Å². The number of carbonyl (C=O) groups is 1. The number of pyridine rings is 1. The number of rotatable bonds is 7. The number of amides is 1. The van der Waals surface area contributed by atoms with E-state index in [4.69, 9.17) is 18.9 Å². The lowest BCUT2D eigenvalue weighted by atomic mass is 10.2. The molecule has 1 amide bonds. The highest BCUT2D eigenvalue weighted by molar-refractivity contribution is 7.22. The van der Waals surface area contributed by atoms with E-state index in [1.807, 2.05) is 49.4 Å². The van der Waals surface area contributed by atoms with Crippen molar-refractivity contribution in [2.75, 3.05) is 18.6 Å².